The Balaban J connectivity index is 1.31. The molecule has 3 amide bonds. The van der Waals surface area contributed by atoms with Crippen LogP contribution < -0.4 is 16.0 Å². The molecular weight excluding hydrogens is 509 g/mol. The van der Waals surface area contributed by atoms with Crippen molar-refractivity contribution in [1.82, 2.24) is 0 Å². The topological polar surface area (TPSA) is 87.3 Å². The largest absolute Gasteiger partial charge is 0.322 e. The molecule has 0 aromatic heterocycles. The number of halogens is 2. The van der Waals surface area contributed by atoms with Gasteiger partial charge in [-0.25, -0.2) is 0 Å². The second kappa shape index (κ2) is 12.2. The molecule has 3 N–H and O–H groups in total. The van der Waals surface area contributed by atoms with Gasteiger partial charge in [0.25, 0.3) is 17.7 Å². The molecule has 0 aliphatic carbocycles. The van der Waals surface area contributed by atoms with Crippen molar-refractivity contribution in [1.29, 1.82) is 0 Å². The molecule has 6 nitrogen and oxygen atoms in total. The summed E-state index contributed by atoms with van der Waals surface area (Å²) in [6.45, 7) is 0. The van der Waals surface area contributed by atoms with Gasteiger partial charge in [-0.3, -0.25) is 14.4 Å². The van der Waals surface area contributed by atoms with Crippen LogP contribution in [-0.2, 0) is 11.8 Å². The van der Waals surface area contributed by atoms with Crippen LogP contribution in [0.1, 0.15) is 42.2 Å². The fourth-order valence-corrected chi connectivity index (χ4v) is 3.80. The molecule has 0 aliphatic rings. The number of amides is 3. The van der Waals surface area contributed by atoms with Gasteiger partial charge in [0.1, 0.15) is 0 Å². The van der Waals surface area contributed by atoms with Gasteiger partial charge < -0.3 is 16.0 Å². The van der Waals surface area contributed by atoms with Crippen molar-refractivity contribution >= 4 is 58.0 Å². The normalized spacial score (nSPS) is 10.4. The summed E-state index contributed by atoms with van der Waals surface area (Å²) < 4.78 is 0. The maximum atomic E-state index is 12.6. The zero-order valence-corrected chi connectivity index (χ0v) is 21.1. The molecule has 0 saturated carbocycles. The fraction of sp³-hybridized carbons (Fsp3) is 0.0690. The number of hydrogen-bond acceptors (Lipinski definition) is 3. The van der Waals surface area contributed by atoms with Crippen LogP contribution >= 0.6 is 23.2 Å². The predicted molar refractivity (Wildman–Crippen MR) is 149 cm³/mol. The molecule has 186 valence electrons. The monoisotopic (exact) mass is 531 g/mol. The minimum Gasteiger partial charge on any atom is -0.322 e. The molecule has 0 spiro atoms. The summed E-state index contributed by atoms with van der Waals surface area (Å²) in [5.74, 6) is -0.0158. The van der Waals surface area contributed by atoms with Gasteiger partial charge in [0.2, 0.25) is 0 Å². The van der Waals surface area contributed by atoms with E-state index in [4.69, 9.17) is 23.2 Å². The van der Waals surface area contributed by atoms with Crippen molar-refractivity contribution in [3.63, 3.8) is 0 Å². The minimum absolute atomic E-state index is 0.239. The van der Waals surface area contributed by atoms with E-state index in [1.807, 2.05) is 12.1 Å². The zero-order valence-electron chi connectivity index (χ0n) is 19.6. The zero-order chi connectivity index (χ0) is 26.2. The summed E-state index contributed by atoms with van der Waals surface area (Å²) in [4.78, 5) is 37.5. The van der Waals surface area contributed by atoms with Crippen molar-refractivity contribution < 1.29 is 14.4 Å². The maximum absolute atomic E-state index is 12.6. The minimum atomic E-state index is -0.300. The summed E-state index contributed by atoms with van der Waals surface area (Å²) in [6.07, 6.45) is 0. The molecule has 0 fully saturated rings. The van der Waals surface area contributed by atoms with Gasteiger partial charge >= 0.3 is 0 Å². The average Bonchev–Trinajstić information content (AvgIpc) is 2.94. The Morgan fingerprint density at radius 3 is 0.946 bits per heavy atom. The van der Waals surface area contributed by atoms with E-state index in [9.17, 15) is 14.4 Å². The Hall–Kier alpha value is -4.13. The molecule has 0 radical (unpaired) electrons. The van der Waals surface area contributed by atoms with Crippen LogP contribution in [-0.4, -0.2) is 17.7 Å². The van der Waals surface area contributed by atoms with Crippen molar-refractivity contribution in [2.45, 2.75) is 11.8 Å². The van der Waals surface area contributed by atoms with Crippen molar-refractivity contribution in [2.75, 3.05) is 16.0 Å². The Morgan fingerprint density at radius 1 is 0.432 bits per heavy atom. The van der Waals surface area contributed by atoms with Crippen molar-refractivity contribution in [2.24, 2.45) is 0 Å². The predicted octanol–water partition coefficient (Wildman–Crippen LogP) is 6.92. The second-order valence-electron chi connectivity index (χ2n) is 8.18. The number of carbonyl (C=O) groups excluding carboxylic acids is 3. The van der Waals surface area contributed by atoms with E-state index in [2.05, 4.69) is 16.0 Å². The first-order valence-electron chi connectivity index (χ1n) is 11.4. The molecule has 8 heteroatoms. The van der Waals surface area contributed by atoms with Gasteiger partial charge in [-0.2, -0.15) is 0 Å². The number of hydrogen-bond donors (Lipinski definition) is 3. The molecule has 4 rings (SSSR count). The van der Waals surface area contributed by atoms with Crippen LogP contribution in [0.3, 0.4) is 0 Å². The SMILES string of the molecule is O=C(Nc1ccc(NC(=O)c2ccc(NC(=O)c3ccc(CCl)cc3)cc2)cc1)c1ccc(CCl)cc1. The molecule has 4 aromatic rings. The number of alkyl halides is 2. The lowest BCUT2D eigenvalue weighted by Crippen LogP contribution is -2.14. The maximum Gasteiger partial charge on any atom is 0.255 e. The van der Waals surface area contributed by atoms with Crippen LogP contribution in [0, 0.1) is 0 Å². The first-order valence-corrected chi connectivity index (χ1v) is 12.5. The first kappa shape index (κ1) is 25.9. The highest BCUT2D eigenvalue weighted by Crippen LogP contribution is 2.18. The fourth-order valence-electron chi connectivity index (χ4n) is 3.44. The van der Waals surface area contributed by atoms with Crippen LogP contribution in [0.25, 0.3) is 0 Å². The van der Waals surface area contributed by atoms with Gasteiger partial charge in [0.05, 0.1) is 0 Å². The van der Waals surface area contributed by atoms with Crippen LogP contribution in [0.15, 0.2) is 97.1 Å². The summed E-state index contributed by atoms with van der Waals surface area (Å²) >= 11 is 11.6. The average molecular weight is 532 g/mol. The van der Waals surface area contributed by atoms with Gasteiger partial charge in [0.15, 0.2) is 0 Å². The standard InChI is InChI=1S/C29H23Cl2N3O3/c30-17-19-1-5-21(6-2-19)27(35)32-24-11-9-23(10-12-24)29(37)34-26-15-13-25(14-16-26)33-28(36)22-7-3-20(18-31)4-8-22/h1-16H,17-18H2,(H,32,35)(H,33,36)(H,34,37). The highest BCUT2D eigenvalue weighted by molar-refractivity contribution is 6.17. The van der Waals surface area contributed by atoms with Crippen LogP contribution in [0.4, 0.5) is 17.1 Å². The Morgan fingerprint density at radius 2 is 0.676 bits per heavy atom. The molecule has 0 aliphatic heterocycles. The third-order valence-corrected chi connectivity index (χ3v) is 6.16. The molecular formula is C29H23Cl2N3O3. The molecule has 0 atom stereocenters. The van der Waals surface area contributed by atoms with Crippen molar-refractivity contribution in [3.8, 4) is 0 Å². The van der Waals surface area contributed by atoms with E-state index in [-0.39, 0.29) is 17.7 Å². The quantitative estimate of drug-likeness (QED) is 0.215. The number of carbonyl (C=O) groups is 3. The summed E-state index contributed by atoms with van der Waals surface area (Å²) in [5.41, 5.74) is 5.08. The summed E-state index contributed by atoms with van der Waals surface area (Å²) in [6, 6.07) is 27.5. The lowest BCUT2D eigenvalue weighted by atomic mass is 10.1. The number of nitrogens with one attached hydrogen (secondary N) is 3. The molecule has 4 aromatic carbocycles. The Labute approximate surface area is 224 Å². The number of benzene rings is 4. The van der Waals surface area contributed by atoms with Gasteiger partial charge in [-0.05, 0) is 83.9 Å². The Kier molecular flexibility index (Phi) is 8.56. The lowest BCUT2D eigenvalue weighted by Gasteiger charge is -2.09. The van der Waals surface area contributed by atoms with Crippen molar-refractivity contribution in [3.05, 3.63) is 125 Å². The number of anilines is 3. The Bertz CT molecular complexity index is 1390. The van der Waals surface area contributed by atoms with Crippen LogP contribution in [0.2, 0.25) is 0 Å². The highest BCUT2D eigenvalue weighted by Gasteiger charge is 2.10. The van der Waals surface area contributed by atoms with E-state index in [0.717, 1.165) is 11.1 Å². The van der Waals surface area contributed by atoms with E-state index < -0.39 is 0 Å². The van der Waals surface area contributed by atoms with E-state index in [0.29, 0.717) is 45.5 Å². The molecule has 0 saturated heterocycles. The summed E-state index contributed by atoms with van der Waals surface area (Å²) in [7, 11) is 0. The third kappa shape index (κ3) is 6.97. The third-order valence-electron chi connectivity index (χ3n) is 5.55. The summed E-state index contributed by atoms with van der Waals surface area (Å²) in [5, 5.41) is 8.45. The molecule has 0 heterocycles. The molecule has 37 heavy (non-hydrogen) atoms. The second-order valence-corrected chi connectivity index (χ2v) is 8.71. The van der Waals surface area contributed by atoms with Gasteiger partial charge in [-0.1, -0.05) is 24.3 Å². The van der Waals surface area contributed by atoms with Crippen LogP contribution in [0.5, 0.6) is 0 Å². The van der Waals surface area contributed by atoms with E-state index in [1.54, 1.807) is 84.9 Å². The molecule has 0 bridgehead atoms. The van der Waals surface area contributed by atoms with Gasteiger partial charge in [-0.15, -0.1) is 23.2 Å². The number of rotatable bonds is 8. The molecule has 0 unspecified atom stereocenters. The van der Waals surface area contributed by atoms with E-state index >= 15 is 0 Å². The van der Waals surface area contributed by atoms with Gasteiger partial charge in [0, 0.05) is 45.5 Å². The lowest BCUT2D eigenvalue weighted by molar-refractivity contribution is 0.101. The first-order chi connectivity index (χ1) is 17.9. The smallest absolute Gasteiger partial charge is 0.255 e. The highest BCUT2D eigenvalue weighted by atomic mass is 35.5. The van der Waals surface area contributed by atoms with E-state index in [1.165, 1.54) is 0 Å².